The van der Waals surface area contributed by atoms with Gasteiger partial charge in [0, 0.05) is 6.54 Å². The van der Waals surface area contributed by atoms with E-state index in [-0.39, 0.29) is 19.5 Å². The lowest BCUT2D eigenvalue weighted by molar-refractivity contribution is -0.137. The SMILES string of the molecule is CC(C)(C)OC(=O)NC[C@H](NC(=O)OC(C)(C)C)C(=O)NCCC(=O)O. The van der Waals surface area contributed by atoms with E-state index in [0.717, 1.165) is 0 Å². The van der Waals surface area contributed by atoms with Crippen molar-refractivity contribution in [3.05, 3.63) is 0 Å². The molecular formula is C16H29N3O7. The van der Waals surface area contributed by atoms with Crippen LogP contribution in [-0.2, 0) is 19.1 Å². The van der Waals surface area contributed by atoms with Gasteiger partial charge in [0.05, 0.1) is 13.0 Å². The van der Waals surface area contributed by atoms with Crippen LogP contribution in [-0.4, -0.2) is 59.5 Å². The Hall–Kier alpha value is -2.52. The first-order chi connectivity index (χ1) is 11.7. The third-order valence-corrected chi connectivity index (χ3v) is 2.49. The fraction of sp³-hybridized carbons (Fsp3) is 0.750. The number of rotatable bonds is 7. The molecule has 0 aromatic carbocycles. The maximum absolute atomic E-state index is 12.2. The van der Waals surface area contributed by atoms with Crippen LogP contribution in [0.4, 0.5) is 9.59 Å². The second-order valence-corrected chi connectivity index (χ2v) is 7.52. The normalized spacial score (nSPS) is 12.5. The van der Waals surface area contributed by atoms with Crippen LogP contribution in [0.2, 0.25) is 0 Å². The van der Waals surface area contributed by atoms with Gasteiger partial charge in [-0.25, -0.2) is 9.59 Å². The molecule has 0 unspecified atom stereocenters. The number of alkyl carbamates (subject to hydrolysis) is 2. The van der Waals surface area contributed by atoms with Crippen molar-refractivity contribution < 1.29 is 33.8 Å². The van der Waals surface area contributed by atoms with Crippen LogP contribution in [0, 0.1) is 0 Å². The first-order valence-electron chi connectivity index (χ1n) is 8.15. The van der Waals surface area contributed by atoms with E-state index in [0.29, 0.717) is 0 Å². The molecule has 0 radical (unpaired) electrons. The molecule has 26 heavy (non-hydrogen) atoms. The molecule has 0 aliphatic rings. The van der Waals surface area contributed by atoms with E-state index in [1.807, 2.05) is 0 Å². The zero-order valence-corrected chi connectivity index (χ0v) is 16.1. The lowest BCUT2D eigenvalue weighted by atomic mass is 10.2. The van der Waals surface area contributed by atoms with Crippen molar-refractivity contribution in [1.29, 1.82) is 0 Å². The standard InChI is InChI=1S/C16H29N3O7/c1-15(2,3)25-13(23)18-9-10(12(22)17-8-7-11(20)21)19-14(24)26-16(4,5)6/h10H,7-9H2,1-6H3,(H,17,22)(H,18,23)(H,19,24)(H,20,21)/t10-/m0/s1. The van der Waals surface area contributed by atoms with Crippen molar-refractivity contribution in [3.8, 4) is 0 Å². The van der Waals surface area contributed by atoms with E-state index in [4.69, 9.17) is 14.6 Å². The Balaban J connectivity index is 4.81. The lowest BCUT2D eigenvalue weighted by Crippen LogP contribution is -2.54. The van der Waals surface area contributed by atoms with Crippen LogP contribution in [0.15, 0.2) is 0 Å². The summed E-state index contributed by atoms with van der Waals surface area (Å²) >= 11 is 0. The minimum absolute atomic E-state index is 0.118. The molecule has 150 valence electrons. The van der Waals surface area contributed by atoms with Crippen molar-refractivity contribution in [2.24, 2.45) is 0 Å². The average Bonchev–Trinajstić information content (AvgIpc) is 2.38. The van der Waals surface area contributed by atoms with E-state index in [2.05, 4.69) is 16.0 Å². The molecule has 0 bridgehead atoms. The summed E-state index contributed by atoms with van der Waals surface area (Å²) in [5.41, 5.74) is -1.49. The van der Waals surface area contributed by atoms with E-state index in [1.54, 1.807) is 41.5 Å². The van der Waals surface area contributed by atoms with Gasteiger partial charge in [0.15, 0.2) is 0 Å². The van der Waals surface area contributed by atoms with Gasteiger partial charge < -0.3 is 30.5 Å². The molecule has 0 heterocycles. The Morgan fingerprint density at radius 1 is 0.885 bits per heavy atom. The molecule has 0 fully saturated rings. The number of ether oxygens (including phenoxy) is 2. The summed E-state index contributed by atoms with van der Waals surface area (Å²) in [6.07, 6.45) is -1.88. The van der Waals surface area contributed by atoms with Crippen LogP contribution in [0.5, 0.6) is 0 Å². The molecule has 0 aromatic heterocycles. The smallest absolute Gasteiger partial charge is 0.408 e. The molecule has 0 saturated heterocycles. The third-order valence-electron chi connectivity index (χ3n) is 2.49. The van der Waals surface area contributed by atoms with Crippen molar-refractivity contribution in [1.82, 2.24) is 16.0 Å². The second-order valence-electron chi connectivity index (χ2n) is 7.52. The van der Waals surface area contributed by atoms with Gasteiger partial charge in [-0.15, -0.1) is 0 Å². The number of amides is 3. The van der Waals surface area contributed by atoms with E-state index < -0.39 is 41.3 Å². The van der Waals surface area contributed by atoms with Gasteiger partial charge in [0.25, 0.3) is 0 Å². The minimum Gasteiger partial charge on any atom is -0.481 e. The number of hydrogen-bond acceptors (Lipinski definition) is 6. The highest BCUT2D eigenvalue weighted by molar-refractivity contribution is 5.86. The molecule has 0 aliphatic carbocycles. The predicted octanol–water partition coefficient (Wildman–Crippen LogP) is 0.995. The zero-order valence-electron chi connectivity index (χ0n) is 16.1. The number of carboxylic acids is 1. The molecular weight excluding hydrogens is 346 g/mol. The third kappa shape index (κ3) is 12.8. The lowest BCUT2D eigenvalue weighted by Gasteiger charge is -2.24. The summed E-state index contributed by atoms with van der Waals surface area (Å²) in [5, 5.41) is 15.7. The second kappa shape index (κ2) is 9.83. The van der Waals surface area contributed by atoms with Crippen molar-refractivity contribution in [2.75, 3.05) is 13.1 Å². The Kier molecular flexibility index (Phi) is 8.88. The Morgan fingerprint density at radius 2 is 1.38 bits per heavy atom. The molecule has 10 heteroatoms. The highest BCUT2D eigenvalue weighted by Gasteiger charge is 2.26. The summed E-state index contributed by atoms with van der Waals surface area (Å²) in [5.74, 6) is -1.73. The van der Waals surface area contributed by atoms with Crippen molar-refractivity contribution >= 4 is 24.1 Å². The summed E-state index contributed by atoms with van der Waals surface area (Å²) in [7, 11) is 0. The molecule has 0 spiro atoms. The van der Waals surface area contributed by atoms with Crippen LogP contribution in [0.1, 0.15) is 48.0 Å². The van der Waals surface area contributed by atoms with Gasteiger partial charge in [0.2, 0.25) is 5.91 Å². The van der Waals surface area contributed by atoms with Crippen LogP contribution in [0.25, 0.3) is 0 Å². The van der Waals surface area contributed by atoms with Crippen molar-refractivity contribution in [3.63, 3.8) is 0 Å². The fourth-order valence-corrected chi connectivity index (χ4v) is 1.57. The number of hydrogen-bond donors (Lipinski definition) is 4. The maximum Gasteiger partial charge on any atom is 0.408 e. The van der Waals surface area contributed by atoms with Crippen LogP contribution >= 0.6 is 0 Å². The number of carbonyl (C=O) groups is 4. The van der Waals surface area contributed by atoms with Gasteiger partial charge in [-0.1, -0.05) is 0 Å². The van der Waals surface area contributed by atoms with Crippen molar-refractivity contribution in [2.45, 2.75) is 65.2 Å². The topological polar surface area (TPSA) is 143 Å². The molecule has 0 saturated carbocycles. The van der Waals surface area contributed by atoms with Gasteiger partial charge in [-0.2, -0.15) is 0 Å². The monoisotopic (exact) mass is 375 g/mol. The number of carboxylic acid groups (broad SMARTS) is 1. The first-order valence-corrected chi connectivity index (χ1v) is 8.15. The Morgan fingerprint density at radius 3 is 1.85 bits per heavy atom. The van der Waals surface area contributed by atoms with E-state index >= 15 is 0 Å². The van der Waals surface area contributed by atoms with Crippen LogP contribution < -0.4 is 16.0 Å². The Bertz CT molecular complexity index is 521. The molecule has 3 amide bonds. The van der Waals surface area contributed by atoms with Crippen LogP contribution in [0.3, 0.4) is 0 Å². The van der Waals surface area contributed by atoms with Gasteiger partial charge >= 0.3 is 18.2 Å². The maximum atomic E-state index is 12.2. The van der Waals surface area contributed by atoms with E-state index in [1.165, 1.54) is 0 Å². The highest BCUT2D eigenvalue weighted by atomic mass is 16.6. The molecule has 0 aliphatic heterocycles. The largest absolute Gasteiger partial charge is 0.481 e. The first kappa shape index (κ1) is 23.5. The number of aliphatic carboxylic acids is 1. The Labute approximate surface area is 153 Å². The van der Waals surface area contributed by atoms with Gasteiger partial charge in [-0.3, -0.25) is 9.59 Å². The number of carbonyl (C=O) groups excluding carboxylic acids is 3. The zero-order chi connectivity index (χ0) is 20.5. The van der Waals surface area contributed by atoms with E-state index in [9.17, 15) is 19.2 Å². The molecule has 1 atom stereocenters. The summed E-state index contributed by atoms with van der Waals surface area (Å²) < 4.78 is 10.1. The summed E-state index contributed by atoms with van der Waals surface area (Å²) in [6.45, 7) is 9.65. The quantitative estimate of drug-likeness (QED) is 0.519. The summed E-state index contributed by atoms with van der Waals surface area (Å²) in [4.78, 5) is 46.3. The molecule has 0 aromatic rings. The average molecular weight is 375 g/mol. The predicted molar refractivity (Wildman–Crippen MR) is 92.7 cm³/mol. The van der Waals surface area contributed by atoms with Gasteiger partial charge in [0.1, 0.15) is 17.2 Å². The molecule has 10 nitrogen and oxygen atoms in total. The minimum atomic E-state index is -1.16. The summed E-state index contributed by atoms with van der Waals surface area (Å²) in [6, 6.07) is -1.16. The fourth-order valence-electron chi connectivity index (χ4n) is 1.57. The molecule has 0 rings (SSSR count). The molecule has 4 N–H and O–H groups in total. The number of nitrogens with one attached hydrogen (secondary N) is 3. The van der Waals surface area contributed by atoms with Gasteiger partial charge in [-0.05, 0) is 41.5 Å². The highest BCUT2D eigenvalue weighted by Crippen LogP contribution is 2.07.